The van der Waals surface area contributed by atoms with Crippen LogP contribution in [-0.2, 0) is 18.4 Å². The molecule has 118 valence electrons. The Morgan fingerprint density at radius 3 is 1.78 bits per heavy atom. The van der Waals surface area contributed by atoms with E-state index >= 15 is 0 Å². The second-order valence-corrected chi connectivity index (χ2v) is 7.79. The van der Waals surface area contributed by atoms with E-state index in [1.54, 1.807) is 18.2 Å². The van der Waals surface area contributed by atoms with Crippen molar-refractivity contribution in [3.05, 3.63) is 66.7 Å². The summed E-state index contributed by atoms with van der Waals surface area (Å²) in [6.45, 7) is 6.34. The van der Waals surface area contributed by atoms with Gasteiger partial charge in [-0.3, -0.25) is 9.59 Å². The van der Waals surface area contributed by atoms with Crippen LogP contribution in [0.3, 0.4) is 0 Å². The Balaban J connectivity index is 2.65. The van der Waals surface area contributed by atoms with Crippen molar-refractivity contribution in [2.75, 3.05) is 0 Å². The molecule has 0 bridgehead atoms. The summed E-state index contributed by atoms with van der Waals surface area (Å²) < 4.78 is 11.3. The molecule has 0 unspecified atom stereocenters. The van der Waals surface area contributed by atoms with Gasteiger partial charge < -0.3 is 8.85 Å². The minimum atomic E-state index is -3.44. The molecular formula is C18H18O4Si. The maximum absolute atomic E-state index is 11.7. The number of carbonyl (C=O) groups is 2. The molecule has 0 aliphatic rings. The molecule has 0 aliphatic carbocycles. The summed E-state index contributed by atoms with van der Waals surface area (Å²) in [6.07, 6.45) is 1.72. The van der Waals surface area contributed by atoms with Crippen LogP contribution in [0.2, 0.25) is 0 Å². The van der Waals surface area contributed by atoms with E-state index in [1.807, 2.05) is 42.5 Å². The molecule has 2 aromatic carbocycles. The number of benzene rings is 2. The molecule has 0 heterocycles. The molecular weight excluding hydrogens is 308 g/mol. The van der Waals surface area contributed by atoms with E-state index in [9.17, 15) is 9.59 Å². The molecule has 0 atom stereocenters. The van der Waals surface area contributed by atoms with Gasteiger partial charge in [0, 0.05) is 24.2 Å². The molecule has 0 fully saturated rings. The zero-order valence-corrected chi connectivity index (χ0v) is 14.1. The fourth-order valence-corrected chi connectivity index (χ4v) is 5.22. The Labute approximate surface area is 136 Å². The van der Waals surface area contributed by atoms with Crippen LogP contribution in [-0.4, -0.2) is 20.5 Å². The highest BCUT2D eigenvalue weighted by Gasteiger charge is 2.49. The Bertz CT molecular complexity index is 692. The van der Waals surface area contributed by atoms with Gasteiger partial charge >= 0.3 is 8.56 Å². The highest BCUT2D eigenvalue weighted by Crippen LogP contribution is 2.12. The van der Waals surface area contributed by atoms with Crippen LogP contribution < -0.4 is 10.4 Å². The second-order valence-electron chi connectivity index (χ2n) is 5.00. The molecule has 0 aliphatic heterocycles. The van der Waals surface area contributed by atoms with Crippen molar-refractivity contribution in [2.45, 2.75) is 13.8 Å². The molecule has 0 spiro atoms. The van der Waals surface area contributed by atoms with Gasteiger partial charge in [0.25, 0.3) is 11.9 Å². The highest BCUT2D eigenvalue weighted by atomic mass is 28.4. The van der Waals surface area contributed by atoms with Gasteiger partial charge in [0.1, 0.15) is 0 Å². The van der Waals surface area contributed by atoms with Gasteiger partial charge in [-0.15, -0.1) is 0 Å². The summed E-state index contributed by atoms with van der Waals surface area (Å²) in [7, 11) is -3.44. The van der Waals surface area contributed by atoms with E-state index in [0.29, 0.717) is 10.4 Å². The summed E-state index contributed by atoms with van der Waals surface area (Å²) in [5, 5.41) is 1.37. The standard InChI is InChI=1S/C18H18O4Si/c1-4-16-10-12-18(13-11-16)23(21-14(2)19,22-15(3)20)17-8-6-5-7-9-17/h4-13H,1H2,2-3H3. The molecule has 0 aromatic heterocycles. The first kappa shape index (κ1) is 16.7. The van der Waals surface area contributed by atoms with Crippen LogP contribution in [0.4, 0.5) is 0 Å². The maximum Gasteiger partial charge on any atom is 0.534 e. The fraction of sp³-hybridized carbons (Fsp3) is 0.111. The number of carbonyl (C=O) groups excluding carboxylic acids is 2. The van der Waals surface area contributed by atoms with Gasteiger partial charge in [0.2, 0.25) is 0 Å². The Morgan fingerprint density at radius 1 is 0.870 bits per heavy atom. The van der Waals surface area contributed by atoms with E-state index in [2.05, 4.69) is 6.58 Å². The van der Waals surface area contributed by atoms with Crippen molar-refractivity contribution in [3.63, 3.8) is 0 Å². The first-order valence-electron chi connectivity index (χ1n) is 7.15. The van der Waals surface area contributed by atoms with E-state index in [0.717, 1.165) is 5.56 Å². The van der Waals surface area contributed by atoms with Gasteiger partial charge in [0.15, 0.2) is 0 Å². The predicted molar refractivity (Wildman–Crippen MR) is 91.5 cm³/mol. The Hall–Kier alpha value is -2.66. The third-order valence-electron chi connectivity index (χ3n) is 3.26. The van der Waals surface area contributed by atoms with Crippen LogP contribution >= 0.6 is 0 Å². The summed E-state index contributed by atoms with van der Waals surface area (Å²) in [4.78, 5) is 23.4. The van der Waals surface area contributed by atoms with Crippen molar-refractivity contribution >= 4 is 36.9 Å². The van der Waals surface area contributed by atoms with Crippen molar-refractivity contribution in [2.24, 2.45) is 0 Å². The smallest absolute Gasteiger partial charge is 0.479 e. The molecule has 0 saturated carbocycles. The molecule has 0 N–H and O–H groups in total. The van der Waals surface area contributed by atoms with E-state index in [-0.39, 0.29) is 0 Å². The Kier molecular flexibility index (Phi) is 5.13. The van der Waals surface area contributed by atoms with E-state index in [1.165, 1.54) is 13.8 Å². The van der Waals surface area contributed by atoms with Gasteiger partial charge in [-0.2, -0.15) is 0 Å². The average Bonchev–Trinajstić information content (AvgIpc) is 2.54. The number of hydrogen-bond acceptors (Lipinski definition) is 4. The molecule has 2 rings (SSSR count). The zero-order valence-electron chi connectivity index (χ0n) is 13.1. The SMILES string of the molecule is C=Cc1ccc([Si](OC(C)=O)(OC(C)=O)c2ccccc2)cc1. The van der Waals surface area contributed by atoms with Crippen molar-refractivity contribution < 1.29 is 18.4 Å². The predicted octanol–water partition coefficient (Wildman–Crippen LogP) is 2.01. The lowest BCUT2D eigenvalue weighted by molar-refractivity contribution is -0.138. The third-order valence-corrected chi connectivity index (χ3v) is 6.59. The highest BCUT2D eigenvalue weighted by molar-refractivity contribution is 6.94. The molecule has 4 nitrogen and oxygen atoms in total. The summed E-state index contributed by atoms with van der Waals surface area (Å²) in [5.74, 6) is -0.982. The molecule has 2 aromatic rings. The lowest BCUT2D eigenvalue weighted by Gasteiger charge is -2.29. The molecule has 0 saturated heterocycles. The average molecular weight is 326 g/mol. The quantitative estimate of drug-likeness (QED) is 0.789. The van der Waals surface area contributed by atoms with Gasteiger partial charge in [-0.1, -0.05) is 67.3 Å². The molecule has 0 amide bonds. The first-order chi connectivity index (χ1) is 11.0. The number of hydrogen-bond donors (Lipinski definition) is 0. The lowest BCUT2D eigenvalue weighted by Crippen LogP contribution is -2.64. The molecule has 23 heavy (non-hydrogen) atoms. The van der Waals surface area contributed by atoms with Crippen LogP contribution in [0.5, 0.6) is 0 Å². The number of rotatable bonds is 5. The Morgan fingerprint density at radius 2 is 1.35 bits per heavy atom. The van der Waals surface area contributed by atoms with Crippen molar-refractivity contribution in [1.29, 1.82) is 0 Å². The monoisotopic (exact) mass is 326 g/mol. The van der Waals surface area contributed by atoms with Crippen LogP contribution in [0, 0.1) is 0 Å². The molecule has 0 radical (unpaired) electrons. The van der Waals surface area contributed by atoms with Crippen LogP contribution in [0.1, 0.15) is 19.4 Å². The largest absolute Gasteiger partial charge is 0.534 e. The first-order valence-corrected chi connectivity index (χ1v) is 8.97. The summed E-state index contributed by atoms with van der Waals surface area (Å²) >= 11 is 0. The topological polar surface area (TPSA) is 52.6 Å². The minimum Gasteiger partial charge on any atom is -0.479 e. The molecule has 5 heteroatoms. The maximum atomic E-state index is 11.7. The van der Waals surface area contributed by atoms with Gasteiger partial charge in [0.05, 0.1) is 0 Å². The summed E-state index contributed by atoms with van der Waals surface area (Å²) in [6, 6.07) is 16.4. The zero-order chi connectivity index (χ0) is 16.9. The summed E-state index contributed by atoms with van der Waals surface area (Å²) in [5.41, 5.74) is 0.926. The van der Waals surface area contributed by atoms with E-state index in [4.69, 9.17) is 8.85 Å². The lowest BCUT2D eigenvalue weighted by atomic mass is 10.2. The van der Waals surface area contributed by atoms with Gasteiger partial charge in [-0.05, 0) is 5.56 Å². The fourth-order valence-electron chi connectivity index (χ4n) is 2.32. The second kappa shape index (κ2) is 7.06. The minimum absolute atomic E-state index is 0.491. The third kappa shape index (κ3) is 3.76. The van der Waals surface area contributed by atoms with Crippen LogP contribution in [0.15, 0.2) is 61.2 Å². The van der Waals surface area contributed by atoms with Crippen molar-refractivity contribution in [1.82, 2.24) is 0 Å². The van der Waals surface area contributed by atoms with Crippen molar-refractivity contribution in [3.8, 4) is 0 Å². The van der Waals surface area contributed by atoms with Gasteiger partial charge in [-0.25, -0.2) is 0 Å². The van der Waals surface area contributed by atoms with E-state index < -0.39 is 20.5 Å². The normalized spacial score (nSPS) is 10.7. The van der Waals surface area contributed by atoms with Crippen LogP contribution in [0.25, 0.3) is 6.08 Å².